The zero-order chi connectivity index (χ0) is 22.1. The molecule has 0 spiro atoms. The zero-order valence-corrected chi connectivity index (χ0v) is 18.4. The van der Waals surface area contributed by atoms with Crippen molar-refractivity contribution in [2.75, 3.05) is 32.1 Å². The van der Waals surface area contributed by atoms with Gasteiger partial charge in [0.25, 0.3) is 5.91 Å². The van der Waals surface area contributed by atoms with E-state index in [9.17, 15) is 13.2 Å². The molecule has 0 saturated heterocycles. The van der Waals surface area contributed by atoms with Gasteiger partial charge in [0.1, 0.15) is 0 Å². The second-order valence-electron chi connectivity index (χ2n) is 6.43. The molecule has 0 aliphatic rings. The highest BCUT2D eigenvalue weighted by atomic mass is 32.2. The highest BCUT2D eigenvalue weighted by Crippen LogP contribution is 2.28. The second kappa shape index (κ2) is 10.8. The number of rotatable bonds is 11. The second-order valence-corrected chi connectivity index (χ2v) is 8.37. The predicted octanol–water partition coefficient (Wildman–Crippen LogP) is 3.47. The van der Waals surface area contributed by atoms with Crippen LogP contribution >= 0.6 is 0 Å². The van der Waals surface area contributed by atoms with Gasteiger partial charge in [0.2, 0.25) is 10.0 Å². The SMILES string of the molecule is C=CCc1ccc(OCC(=O)Nc2cccc(S(=O)(=O)N(CC)CC)c2)c(OC)c1. The van der Waals surface area contributed by atoms with Gasteiger partial charge in [0.15, 0.2) is 18.1 Å². The summed E-state index contributed by atoms with van der Waals surface area (Å²) in [5, 5.41) is 2.67. The van der Waals surface area contributed by atoms with E-state index in [2.05, 4.69) is 11.9 Å². The predicted molar refractivity (Wildman–Crippen MR) is 118 cm³/mol. The molecule has 7 nitrogen and oxygen atoms in total. The number of methoxy groups -OCH3 is 1. The number of ether oxygens (including phenoxy) is 2. The van der Waals surface area contributed by atoms with E-state index in [4.69, 9.17) is 9.47 Å². The molecule has 30 heavy (non-hydrogen) atoms. The smallest absolute Gasteiger partial charge is 0.262 e. The third-order valence-corrected chi connectivity index (χ3v) is 6.47. The van der Waals surface area contributed by atoms with Crippen LogP contribution in [0.1, 0.15) is 19.4 Å². The van der Waals surface area contributed by atoms with Crippen molar-refractivity contribution in [2.45, 2.75) is 25.2 Å². The molecule has 0 radical (unpaired) electrons. The summed E-state index contributed by atoms with van der Waals surface area (Å²) >= 11 is 0. The van der Waals surface area contributed by atoms with Crippen LogP contribution in [0.15, 0.2) is 60.0 Å². The molecule has 2 aromatic rings. The number of allylic oxidation sites excluding steroid dienone is 1. The van der Waals surface area contributed by atoms with Crippen molar-refractivity contribution < 1.29 is 22.7 Å². The number of carbonyl (C=O) groups excluding carboxylic acids is 1. The van der Waals surface area contributed by atoms with Crippen LogP contribution in [0, 0.1) is 0 Å². The van der Waals surface area contributed by atoms with E-state index in [1.54, 1.807) is 38.1 Å². The zero-order valence-electron chi connectivity index (χ0n) is 17.6. The van der Waals surface area contributed by atoms with E-state index in [1.807, 2.05) is 12.1 Å². The van der Waals surface area contributed by atoms with Crippen LogP contribution in [0.25, 0.3) is 0 Å². The minimum atomic E-state index is -3.61. The summed E-state index contributed by atoms with van der Waals surface area (Å²) in [5.74, 6) is 0.553. The Balaban J connectivity index is 2.06. The third kappa shape index (κ3) is 5.84. The molecule has 0 aliphatic carbocycles. The van der Waals surface area contributed by atoms with Crippen molar-refractivity contribution in [3.8, 4) is 11.5 Å². The molecule has 8 heteroatoms. The quantitative estimate of drug-likeness (QED) is 0.550. The standard InChI is InChI=1S/C22H28N2O5S/c1-5-9-17-12-13-20(21(14-17)28-4)29-16-22(25)23-18-10-8-11-19(15-18)30(26,27)24(6-2)7-3/h5,8,10-15H,1,6-7,9,16H2,2-4H3,(H,23,25). The molecule has 0 heterocycles. The molecule has 0 aliphatic heterocycles. The minimum Gasteiger partial charge on any atom is -0.493 e. The topological polar surface area (TPSA) is 84.9 Å². The van der Waals surface area contributed by atoms with Crippen LogP contribution < -0.4 is 14.8 Å². The van der Waals surface area contributed by atoms with Gasteiger partial charge in [-0.3, -0.25) is 4.79 Å². The maximum atomic E-state index is 12.7. The molecular formula is C22H28N2O5S. The number of amides is 1. The van der Waals surface area contributed by atoms with Crippen molar-refractivity contribution in [3.05, 3.63) is 60.7 Å². The fourth-order valence-electron chi connectivity index (χ4n) is 2.91. The van der Waals surface area contributed by atoms with E-state index in [-0.39, 0.29) is 11.5 Å². The van der Waals surface area contributed by atoms with Gasteiger partial charge in [-0.05, 0) is 42.3 Å². The number of sulfonamides is 1. The van der Waals surface area contributed by atoms with Gasteiger partial charge in [0.05, 0.1) is 12.0 Å². The number of carbonyl (C=O) groups is 1. The first-order chi connectivity index (χ1) is 14.3. The normalized spacial score (nSPS) is 11.2. The number of benzene rings is 2. The van der Waals surface area contributed by atoms with Gasteiger partial charge in [-0.1, -0.05) is 32.1 Å². The molecule has 1 N–H and O–H groups in total. The Kier molecular flexibility index (Phi) is 8.44. The summed E-state index contributed by atoms with van der Waals surface area (Å²) in [6.07, 6.45) is 2.49. The first kappa shape index (κ1) is 23.4. The Morgan fingerprint density at radius 2 is 1.87 bits per heavy atom. The van der Waals surface area contributed by atoms with Crippen molar-refractivity contribution in [3.63, 3.8) is 0 Å². The largest absolute Gasteiger partial charge is 0.493 e. The van der Waals surface area contributed by atoms with Crippen molar-refractivity contribution >= 4 is 21.6 Å². The van der Waals surface area contributed by atoms with Crippen LogP contribution in [0.5, 0.6) is 11.5 Å². The molecule has 2 rings (SSSR count). The van der Waals surface area contributed by atoms with Crippen molar-refractivity contribution in [1.29, 1.82) is 0 Å². The maximum Gasteiger partial charge on any atom is 0.262 e. The first-order valence-corrected chi connectivity index (χ1v) is 11.1. The van der Waals surface area contributed by atoms with E-state index < -0.39 is 15.9 Å². The van der Waals surface area contributed by atoms with Crippen LogP contribution in [0.3, 0.4) is 0 Å². The van der Waals surface area contributed by atoms with E-state index in [1.165, 1.54) is 23.5 Å². The number of hydrogen-bond donors (Lipinski definition) is 1. The molecule has 0 saturated carbocycles. The summed E-state index contributed by atoms with van der Waals surface area (Å²) < 4.78 is 37.6. The van der Waals surface area contributed by atoms with Crippen molar-refractivity contribution in [2.24, 2.45) is 0 Å². The van der Waals surface area contributed by atoms with Gasteiger partial charge < -0.3 is 14.8 Å². The van der Waals surface area contributed by atoms with Gasteiger partial charge >= 0.3 is 0 Å². The summed E-state index contributed by atoms with van der Waals surface area (Å²) in [7, 11) is -2.08. The Morgan fingerprint density at radius 3 is 2.50 bits per heavy atom. The Labute approximate surface area is 178 Å². The highest BCUT2D eigenvalue weighted by Gasteiger charge is 2.22. The molecule has 0 unspecified atom stereocenters. The molecule has 0 atom stereocenters. The fraction of sp³-hybridized carbons (Fsp3) is 0.318. The number of hydrogen-bond acceptors (Lipinski definition) is 5. The average Bonchev–Trinajstić information content (AvgIpc) is 2.73. The van der Waals surface area contributed by atoms with E-state index in [0.717, 1.165) is 5.56 Å². The number of nitrogens with one attached hydrogen (secondary N) is 1. The Bertz CT molecular complexity index is 985. The molecule has 0 aromatic heterocycles. The average molecular weight is 433 g/mol. The lowest BCUT2D eigenvalue weighted by molar-refractivity contribution is -0.118. The lowest BCUT2D eigenvalue weighted by atomic mass is 10.1. The Morgan fingerprint density at radius 1 is 1.13 bits per heavy atom. The van der Waals surface area contributed by atoms with E-state index in [0.29, 0.717) is 36.7 Å². The maximum absolute atomic E-state index is 12.7. The summed E-state index contributed by atoms with van der Waals surface area (Å²) in [6.45, 7) is 7.77. The van der Waals surface area contributed by atoms with Gasteiger partial charge in [-0.2, -0.15) is 4.31 Å². The van der Waals surface area contributed by atoms with Crippen molar-refractivity contribution in [1.82, 2.24) is 4.31 Å². The lowest BCUT2D eigenvalue weighted by Crippen LogP contribution is -2.30. The molecular weight excluding hydrogens is 404 g/mol. The molecule has 0 fully saturated rings. The van der Waals surface area contributed by atoms with Crippen LogP contribution in [-0.4, -0.2) is 45.4 Å². The van der Waals surface area contributed by atoms with E-state index >= 15 is 0 Å². The summed E-state index contributed by atoms with van der Waals surface area (Å²) in [4.78, 5) is 12.4. The van der Waals surface area contributed by atoms with Crippen LogP contribution in [0.4, 0.5) is 5.69 Å². The van der Waals surface area contributed by atoms with Gasteiger partial charge in [0, 0.05) is 18.8 Å². The summed E-state index contributed by atoms with van der Waals surface area (Å²) in [5.41, 5.74) is 1.40. The fourth-order valence-corrected chi connectivity index (χ4v) is 4.42. The number of anilines is 1. The minimum absolute atomic E-state index is 0.129. The third-order valence-electron chi connectivity index (χ3n) is 4.43. The van der Waals surface area contributed by atoms with Gasteiger partial charge in [-0.15, -0.1) is 6.58 Å². The molecule has 0 bridgehead atoms. The number of nitrogens with zero attached hydrogens (tertiary/aromatic N) is 1. The molecule has 2 aromatic carbocycles. The van der Waals surface area contributed by atoms with Crippen LogP contribution in [-0.2, 0) is 21.2 Å². The summed E-state index contributed by atoms with van der Waals surface area (Å²) in [6, 6.07) is 11.6. The Hall–Kier alpha value is -2.84. The molecule has 1 amide bonds. The van der Waals surface area contributed by atoms with Crippen LogP contribution in [0.2, 0.25) is 0 Å². The van der Waals surface area contributed by atoms with Gasteiger partial charge in [-0.25, -0.2) is 8.42 Å². The molecule has 162 valence electrons. The first-order valence-electron chi connectivity index (χ1n) is 9.66. The lowest BCUT2D eigenvalue weighted by Gasteiger charge is -2.19. The highest BCUT2D eigenvalue weighted by molar-refractivity contribution is 7.89. The monoisotopic (exact) mass is 432 g/mol.